The molecule has 1 aromatic carbocycles. The van der Waals surface area contributed by atoms with Gasteiger partial charge >= 0.3 is 0 Å². The molecule has 0 spiro atoms. The van der Waals surface area contributed by atoms with Crippen LogP contribution in [0.3, 0.4) is 0 Å². The highest BCUT2D eigenvalue weighted by molar-refractivity contribution is 5.27. The van der Waals surface area contributed by atoms with Gasteiger partial charge in [0, 0.05) is 0 Å². The second kappa shape index (κ2) is 5.03. The fraction of sp³-hybridized carbons (Fsp3) is 0.500. The molecule has 0 saturated carbocycles. The molecule has 0 aromatic heterocycles. The smallest absolute Gasteiger partial charge is 0.00366 e. The van der Waals surface area contributed by atoms with E-state index in [1.165, 1.54) is 11.1 Å². The standard InChI is InChI=1S/C12H19N/c1-10(2)9-12-6-4-3-5-11(12)7-8-13/h3-6,10H,7-9,13H2,1-2H3. The number of benzene rings is 1. The Morgan fingerprint density at radius 1 is 1.15 bits per heavy atom. The zero-order valence-electron chi connectivity index (χ0n) is 8.59. The van der Waals surface area contributed by atoms with E-state index in [1.54, 1.807) is 0 Å². The predicted octanol–water partition coefficient (Wildman–Crippen LogP) is 2.39. The first kappa shape index (κ1) is 10.3. The first-order valence-electron chi connectivity index (χ1n) is 5.01. The second-order valence-electron chi connectivity index (χ2n) is 3.91. The molecule has 0 amide bonds. The molecule has 0 saturated heterocycles. The normalized spacial score (nSPS) is 10.8. The zero-order chi connectivity index (χ0) is 9.68. The predicted molar refractivity (Wildman–Crippen MR) is 57.7 cm³/mol. The molecule has 0 radical (unpaired) electrons. The van der Waals surface area contributed by atoms with Crippen LogP contribution in [-0.4, -0.2) is 6.54 Å². The molecule has 1 aromatic rings. The van der Waals surface area contributed by atoms with E-state index in [2.05, 4.69) is 38.1 Å². The third kappa shape index (κ3) is 3.19. The van der Waals surface area contributed by atoms with Gasteiger partial charge in [-0.25, -0.2) is 0 Å². The Balaban J connectivity index is 2.78. The van der Waals surface area contributed by atoms with Gasteiger partial charge in [0.05, 0.1) is 0 Å². The van der Waals surface area contributed by atoms with Crippen molar-refractivity contribution in [2.45, 2.75) is 26.7 Å². The average molecular weight is 177 g/mol. The van der Waals surface area contributed by atoms with Crippen LogP contribution in [0.4, 0.5) is 0 Å². The average Bonchev–Trinajstić information content (AvgIpc) is 2.08. The summed E-state index contributed by atoms with van der Waals surface area (Å²) < 4.78 is 0. The van der Waals surface area contributed by atoms with E-state index in [0.717, 1.165) is 25.3 Å². The van der Waals surface area contributed by atoms with Crippen LogP contribution in [0, 0.1) is 5.92 Å². The zero-order valence-corrected chi connectivity index (χ0v) is 8.59. The van der Waals surface area contributed by atoms with Crippen molar-refractivity contribution in [3.8, 4) is 0 Å². The minimum Gasteiger partial charge on any atom is -0.330 e. The Labute approximate surface area is 81.0 Å². The summed E-state index contributed by atoms with van der Waals surface area (Å²) in [6.45, 7) is 5.24. The lowest BCUT2D eigenvalue weighted by Gasteiger charge is -2.10. The molecule has 0 unspecified atom stereocenters. The summed E-state index contributed by atoms with van der Waals surface area (Å²) in [6, 6.07) is 8.60. The quantitative estimate of drug-likeness (QED) is 0.751. The molecule has 0 aliphatic carbocycles. The van der Waals surface area contributed by atoms with E-state index >= 15 is 0 Å². The summed E-state index contributed by atoms with van der Waals surface area (Å²) in [5, 5.41) is 0. The van der Waals surface area contributed by atoms with Crippen molar-refractivity contribution in [2.24, 2.45) is 11.7 Å². The fourth-order valence-electron chi connectivity index (χ4n) is 1.60. The molecule has 0 bridgehead atoms. The van der Waals surface area contributed by atoms with Crippen molar-refractivity contribution < 1.29 is 0 Å². The summed E-state index contributed by atoms with van der Waals surface area (Å²) in [4.78, 5) is 0. The lowest BCUT2D eigenvalue weighted by Crippen LogP contribution is -2.06. The molecule has 0 aliphatic rings. The van der Waals surface area contributed by atoms with Crippen molar-refractivity contribution >= 4 is 0 Å². The molecule has 0 fully saturated rings. The van der Waals surface area contributed by atoms with Crippen molar-refractivity contribution in [3.05, 3.63) is 35.4 Å². The third-order valence-electron chi connectivity index (χ3n) is 2.16. The van der Waals surface area contributed by atoms with Crippen molar-refractivity contribution in [2.75, 3.05) is 6.54 Å². The first-order valence-corrected chi connectivity index (χ1v) is 5.01. The highest BCUT2D eigenvalue weighted by Gasteiger charge is 2.02. The topological polar surface area (TPSA) is 26.0 Å². The number of hydrogen-bond acceptors (Lipinski definition) is 1. The SMILES string of the molecule is CC(C)Cc1ccccc1CCN. The summed E-state index contributed by atoms with van der Waals surface area (Å²) in [6.07, 6.45) is 2.17. The lowest BCUT2D eigenvalue weighted by atomic mass is 9.96. The molecule has 72 valence electrons. The molecular weight excluding hydrogens is 158 g/mol. The van der Waals surface area contributed by atoms with E-state index in [4.69, 9.17) is 5.73 Å². The van der Waals surface area contributed by atoms with Crippen LogP contribution in [0.15, 0.2) is 24.3 Å². The molecule has 0 heterocycles. The van der Waals surface area contributed by atoms with Crippen LogP contribution in [-0.2, 0) is 12.8 Å². The van der Waals surface area contributed by atoms with Crippen LogP contribution >= 0.6 is 0 Å². The van der Waals surface area contributed by atoms with Gasteiger partial charge in [0.15, 0.2) is 0 Å². The summed E-state index contributed by atoms with van der Waals surface area (Å²) >= 11 is 0. The Kier molecular flexibility index (Phi) is 3.97. The highest BCUT2D eigenvalue weighted by Crippen LogP contribution is 2.13. The third-order valence-corrected chi connectivity index (χ3v) is 2.16. The largest absolute Gasteiger partial charge is 0.330 e. The molecule has 0 atom stereocenters. The maximum atomic E-state index is 5.56. The van der Waals surface area contributed by atoms with Crippen LogP contribution in [0.5, 0.6) is 0 Å². The Hall–Kier alpha value is -0.820. The van der Waals surface area contributed by atoms with Gasteiger partial charge in [-0.15, -0.1) is 0 Å². The molecule has 1 rings (SSSR count). The maximum absolute atomic E-state index is 5.56. The van der Waals surface area contributed by atoms with E-state index in [0.29, 0.717) is 0 Å². The van der Waals surface area contributed by atoms with Crippen LogP contribution in [0.1, 0.15) is 25.0 Å². The molecule has 1 heteroatoms. The summed E-state index contributed by atoms with van der Waals surface area (Å²) in [5.74, 6) is 0.721. The lowest BCUT2D eigenvalue weighted by molar-refractivity contribution is 0.642. The van der Waals surface area contributed by atoms with Crippen molar-refractivity contribution in [3.63, 3.8) is 0 Å². The van der Waals surface area contributed by atoms with Crippen LogP contribution in [0.25, 0.3) is 0 Å². The van der Waals surface area contributed by atoms with Crippen LogP contribution < -0.4 is 5.73 Å². The van der Waals surface area contributed by atoms with Gasteiger partial charge in [-0.2, -0.15) is 0 Å². The van der Waals surface area contributed by atoms with Crippen molar-refractivity contribution in [1.82, 2.24) is 0 Å². The van der Waals surface area contributed by atoms with Gasteiger partial charge in [0.1, 0.15) is 0 Å². The van der Waals surface area contributed by atoms with Crippen molar-refractivity contribution in [1.29, 1.82) is 0 Å². The second-order valence-corrected chi connectivity index (χ2v) is 3.91. The fourth-order valence-corrected chi connectivity index (χ4v) is 1.60. The Morgan fingerprint density at radius 3 is 2.31 bits per heavy atom. The minimum absolute atomic E-state index is 0.721. The Bertz CT molecular complexity index is 253. The number of rotatable bonds is 4. The summed E-state index contributed by atoms with van der Waals surface area (Å²) in [5.41, 5.74) is 8.44. The van der Waals surface area contributed by atoms with Gasteiger partial charge in [0.2, 0.25) is 0 Å². The molecule has 2 N–H and O–H groups in total. The van der Waals surface area contributed by atoms with E-state index in [1.807, 2.05) is 0 Å². The number of hydrogen-bond donors (Lipinski definition) is 1. The molecule has 13 heavy (non-hydrogen) atoms. The van der Waals surface area contributed by atoms with E-state index in [9.17, 15) is 0 Å². The van der Waals surface area contributed by atoms with Gasteiger partial charge in [-0.3, -0.25) is 0 Å². The minimum atomic E-state index is 0.721. The maximum Gasteiger partial charge on any atom is -0.00366 e. The van der Waals surface area contributed by atoms with Gasteiger partial charge in [0.25, 0.3) is 0 Å². The van der Waals surface area contributed by atoms with Crippen LogP contribution in [0.2, 0.25) is 0 Å². The van der Waals surface area contributed by atoms with E-state index in [-0.39, 0.29) is 0 Å². The van der Waals surface area contributed by atoms with E-state index < -0.39 is 0 Å². The highest BCUT2D eigenvalue weighted by atomic mass is 14.5. The van der Waals surface area contributed by atoms with Gasteiger partial charge in [-0.1, -0.05) is 38.1 Å². The Morgan fingerprint density at radius 2 is 1.77 bits per heavy atom. The number of nitrogens with two attached hydrogens (primary N) is 1. The first-order chi connectivity index (χ1) is 6.24. The summed E-state index contributed by atoms with van der Waals surface area (Å²) in [7, 11) is 0. The monoisotopic (exact) mass is 177 g/mol. The molecular formula is C12H19N. The van der Waals surface area contributed by atoms with Gasteiger partial charge < -0.3 is 5.73 Å². The molecule has 0 aliphatic heterocycles. The van der Waals surface area contributed by atoms with Gasteiger partial charge in [-0.05, 0) is 36.4 Å². The molecule has 1 nitrogen and oxygen atoms in total.